The van der Waals surface area contributed by atoms with E-state index in [0.717, 1.165) is 12.1 Å². The van der Waals surface area contributed by atoms with Crippen LogP contribution in [0.5, 0.6) is 11.5 Å². The fourth-order valence-electron chi connectivity index (χ4n) is 3.27. The molecule has 168 valence electrons. The zero-order valence-corrected chi connectivity index (χ0v) is 17.8. The van der Waals surface area contributed by atoms with Gasteiger partial charge in [-0.1, -0.05) is 23.2 Å². The molecule has 0 saturated carbocycles. The van der Waals surface area contributed by atoms with Crippen molar-refractivity contribution in [3.8, 4) is 22.8 Å². The minimum Gasteiger partial charge on any atom is -0.454 e. The second-order valence-corrected chi connectivity index (χ2v) is 7.81. The maximum absolute atomic E-state index is 13.8. The average Bonchev–Trinajstić information content (AvgIpc) is 3.41. The number of rotatable bonds is 3. The van der Waals surface area contributed by atoms with Gasteiger partial charge in [-0.25, -0.2) is 9.50 Å². The Bertz CT molecular complexity index is 1420. The highest BCUT2D eigenvalue weighted by Gasteiger charge is 2.36. The van der Waals surface area contributed by atoms with Crippen molar-refractivity contribution in [2.24, 2.45) is 0 Å². The molecule has 2 aromatic carbocycles. The molecule has 0 spiro atoms. The van der Waals surface area contributed by atoms with Crippen molar-refractivity contribution < 1.29 is 27.4 Å². The van der Waals surface area contributed by atoms with Gasteiger partial charge in [0.2, 0.25) is 6.79 Å². The highest BCUT2D eigenvalue weighted by Crippen LogP contribution is 2.37. The van der Waals surface area contributed by atoms with E-state index in [2.05, 4.69) is 15.4 Å². The Morgan fingerprint density at radius 2 is 1.82 bits per heavy atom. The van der Waals surface area contributed by atoms with Crippen molar-refractivity contribution in [3.05, 3.63) is 70.0 Å². The summed E-state index contributed by atoms with van der Waals surface area (Å²) in [6.07, 6.45) is -4.76. The van der Waals surface area contributed by atoms with Gasteiger partial charge in [0.15, 0.2) is 28.5 Å². The Morgan fingerprint density at radius 3 is 2.61 bits per heavy atom. The third-order valence-corrected chi connectivity index (χ3v) is 5.36. The second-order valence-electron chi connectivity index (χ2n) is 6.97. The molecule has 1 aliphatic rings. The molecule has 5 rings (SSSR count). The zero-order chi connectivity index (χ0) is 23.3. The Balaban J connectivity index is 1.58. The maximum Gasteiger partial charge on any atom is 0.433 e. The van der Waals surface area contributed by atoms with Gasteiger partial charge in [0, 0.05) is 16.7 Å². The number of anilines is 1. The summed E-state index contributed by atoms with van der Waals surface area (Å²) in [7, 11) is 0. The molecule has 0 bridgehead atoms. The van der Waals surface area contributed by atoms with E-state index in [-0.39, 0.29) is 34.5 Å². The van der Waals surface area contributed by atoms with Gasteiger partial charge >= 0.3 is 6.18 Å². The van der Waals surface area contributed by atoms with E-state index in [4.69, 9.17) is 32.7 Å². The van der Waals surface area contributed by atoms with E-state index >= 15 is 0 Å². The first-order valence-corrected chi connectivity index (χ1v) is 10.1. The molecule has 1 amide bonds. The molecular weight excluding hydrogens is 484 g/mol. The summed E-state index contributed by atoms with van der Waals surface area (Å²) < 4.78 is 52.6. The summed E-state index contributed by atoms with van der Waals surface area (Å²) in [4.78, 5) is 16.9. The molecule has 12 heteroatoms. The van der Waals surface area contributed by atoms with Crippen LogP contribution in [0.4, 0.5) is 18.9 Å². The van der Waals surface area contributed by atoms with E-state index in [1.807, 2.05) is 0 Å². The third-order valence-electron chi connectivity index (χ3n) is 4.80. The number of fused-ring (bicyclic) bond motifs is 2. The third kappa shape index (κ3) is 4.03. The standard InChI is InChI=1S/C21H11Cl2F3N4O3/c22-11-2-3-12(23)14(6-11)28-20(31)15-8-19-27-13(7-18(21(24,25)26)30(19)29-15)10-1-4-16-17(5-10)33-9-32-16/h1-8H,9H2,(H,28,31). The number of nitrogens with zero attached hydrogens (tertiary/aromatic N) is 3. The molecule has 1 N–H and O–H groups in total. The number of amides is 1. The first-order valence-electron chi connectivity index (χ1n) is 9.33. The number of halogens is 5. The fraction of sp³-hybridized carbons (Fsp3) is 0.0952. The lowest BCUT2D eigenvalue weighted by Crippen LogP contribution is -2.16. The Hall–Kier alpha value is -3.50. The van der Waals surface area contributed by atoms with Crippen molar-refractivity contribution in [3.63, 3.8) is 0 Å². The van der Waals surface area contributed by atoms with Crippen LogP contribution >= 0.6 is 23.2 Å². The highest BCUT2D eigenvalue weighted by atomic mass is 35.5. The largest absolute Gasteiger partial charge is 0.454 e. The zero-order valence-electron chi connectivity index (χ0n) is 16.3. The van der Waals surface area contributed by atoms with E-state index in [1.165, 1.54) is 24.3 Å². The molecule has 0 aliphatic carbocycles. The number of nitrogens with one attached hydrogen (secondary N) is 1. The molecule has 7 nitrogen and oxygen atoms in total. The SMILES string of the molecule is O=C(Nc1cc(Cl)ccc1Cl)c1cc2nc(-c3ccc4c(c3)OCO4)cc(C(F)(F)F)n2n1. The van der Waals surface area contributed by atoms with Crippen molar-refractivity contribution in [2.45, 2.75) is 6.18 Å². The number of hydrogen-bond donors (Lipinski definition) is 1. The van der Waals surface area contributed by atoms with Crippen molar-refractivity contribution >= 4 is 40.4 Å². The Kier molecular flexibility index (Phi) is 5.06. The van der Waals surface area contributed by atoms with E-state index < -0.39 is 17.8 Å². The van der Waals surface area contributed by atoms with Crippen LogP contribution in [0.15, 0.2) is 48.5 Å². The molecule has 0 unspecified atom stereocenters. The van der Waals surface area contributed by atoms with Gasteiger partial charge in [-0.15, -0.1) is 0 Å². The van der Waals surface area contributed by atoms with Gasteiger partial charge < -0.3 is 14.8 Å². The minimum absolute atomic E-state index is 0.0246. The second kappa shape index (κ2) is 7.82. The average molecular weight is 495 g/mol. The molecule has 33 heavy (non-hydrogen) atoms. The first-order chi connectivity index (χ1) is 15.7. The Labute approximate surface area is 193 Å². The van der Waals surface area contributed by atoms with Crippen LogP contribution in [0.3, 0.4) is 0 Å². The van der Waals surface area contributed by atoms with Crippen LogP contribution in [0.2, 0.25) is 10.0 Å². The van der Waals surface area contributed by atoms with E-state index in [1.54, 1.807) is 12.1 Å². The predicted octanol–water partition coefficient (Wildman–Crippen LogP) is 5.70. The lowest BCUT2D eigenvalue weighted by molar-refractivity contribution is -0.142. The molecule has 4 aromatic rings. The van der Waals surface area contributed by atoms with Gasteiger partial charge in [0.05, 0.1) is 16.4 Å². The van der Waals surface area contributed by atoms with Crippen molar-refractivity contribution in [2.75, 3.05) is 12.1 Å². The topological polar surface area (TPSA) is 77.8 Å². The summed E-state index contributed by atoms with van der Waals surface area (Å²) in [6.45, 7) is 0.0246. The van der Waals surface area contributed by atoms with Crippen LogP contribution in [0.1, 0.15) is 16.2 Å². The molecule has 0 fully saturated rings. The smallest absolute Gasteiger partial charge is 0.433 e. The van der Waals surface area contributed by atoms with Gasteiger partial charge in [0.25, 0.3) is 5.91 Å². The normalized spacial score (nSPS) is 12.9. The van der Waals surface area contributed by atoms with E-state index in [9.17, 15) is 18.0 Å². The molecule has 3 heterocycles. The molecule has 0 saturated heterocycles. The number of benzene rings is 2. The highest BCUT2D eigenvalue weighted by molar-refractivity contribution is 6.35. The predicted molar refractivity (Wildman–Crippen MR) is 114 cm³/mol. The fourth-order valence-corrected chi connectivity index (χ4v) is 3.61. The van der Waals surface area contributed by atoms with Gasteiger partial charge in [-0.2, -0.15) is 18.3 Å². The number of carbonyl (C=O) groups is 1. The summed E-state index contributed by atoms with van der Waals surface area (Å²) >= 11 is 12.0. The molecule has 2 aromatic heterocycles. The molecule has 0 radical (unpaired) electrons. The number of carbonyl (C=O) groups excluding carboxylic acids is 1. The van der Waals surface area contributed by atoms with Crippen molar-refractivity contribution in [1.29, 1.82) is 0 Å². The molecule has 0 atom stereocenters. The lowest BCUT2D eigenvalue weighted by atomic mass is 10.1. The summed E-state index contributed by atoms with van der Waals surface area (Å²) in [5, 5.41) is 6.83. The number of ether oxygens (including phenoxy) is 2. The quantitative estimate of drug-likeness (QED) is 0.395. The van der Waals surface area contributed by atoms with Crippen molar-refractivity contribution in [1.82, 2.24) is 14.6 Å². The van der Waals surface area contributed by atoms with E-state index in [0.29, 0.717) is 26.6 Å². The summed E-state index contributed by atoms with van der Waals surface area (Å²) in [5.41, 5.74) is -0.953. The number of alkyl halides is 3. The number of hydrogen-bond acceptors (Lipinski definition) is 5. The minimum atomic E-state index is -4.76. The van der Waals surface area contributed by atoms with Gasteiger partial charge in [0.1, 0.15) is 0 Å². The van der Waals surface area contributed by atoms with Gasteiger partial charge in [-0.3, -0.25) is 4.79 Å². The van der Waals surface area contributed by atoms with Crippen LogP contribution in [-0.4, -0.2) is 27.3 Å². The maximum atomic E-state index is 13.8. The molecular formula is C21H11Cl2F3N4O3. The van der Waals surface area contributed by atoms with Crippen LogP contribution in [0, 0.1) is 0 Å². The molecule has 1 aliphatic heterocycles. The van der Waals surface area contributed by atoms with Crippen LogP contribution in [-0.2, 0) is 6.18 Å². The lowest BCUT2D eigenvalue weighted by Gasteiger charge is -2.11. The van der Waals surface area contributed by atoms with Crippen LogP contribution in [0.25, 0.3) is 16.9 Å². The van der Waals surface area contributed by atoms with Crippen LogP contribution < -0.4 is 14.8 Å². The first kappa shape index (κ1) is 21.4. The van der Waals surface area contributed by atoms with Gasteiger partial charge in [-0.05, 0) is 42.5 Å². The monoisotopic (exact) mass is 494 g/mol. The summed E-state index contributed by atoms with van der Waals surface area (Å²) in [5.74, 6) is 0.107. The summed E-state index contributed by atoms with van der Waals surface area (Å²) in [6, 6.07) is 11.1. The Morgan fingerprint density at radius 1 is 1.03 bits per heavy atom. The number of aromatic nitrogens is 3.